The summed E-state index contributed by atoms with van der Waals surface area (Å²) in [5, 5.41) is 2.66. The molecule has 0 bridgehead atoms. The molecule has 1 heterocycles. The highest BCUT2D eigenvalue weighted by atomic mass is 32.2. The van der Waals surface area contributed by atoms with Crippen molar-refractivity contribution in [2.45, 2.75) is 13.3 Å². The van der Waals surface area contributed by atoms with Crippen LogP contribution in [0.2, 0.25) is 0 Å². The lowest BCUT2D eigenvalue weighted by atomic mass is 10.2. The molecule has 1 N–H and O–H groups in total. The fraction of sp³-hybridized carbons (Fsp3) is 0.300. The predicted octanol–water partition coefficient (Wildman–Crippen LogP) is 2.81. The number of halogens is 1. The van der Waals surface area contributed by atoms with Crippen molar-refractivity contribution in [2.75, 3.05) is 25.9 Å². The fourth-order valence-corrected chi connectivity index (χ4v) is 3.19. The fourth-order valence-electron chi connectivity index (χ4n) is 2.34. The predicted molar refractivity (Wildman–Crippen MR) is 109 cm³/mol. The Bertz CT molecular complexity index is 949. The first-order chi connectivity index (χ1) is 13.8. The summed E-state index contributed by atoms with van der Waals surface area (Å²) in [4.78, 5) is 15.7. The zero-order valence-corrected chi connectivity index (χ0v) is 17.2. The zero-order chi connectivity index (χ0) is 21.3. The molecule has 1 aromatic carbocycles. The number of carbonyl (C=O) groups excluding carboxylic acids is 1. The lowest BCUT2D eigenvalue weighted by molar-refractivity contribution is -0.116. The number of hydrogen-bond donors (Lipinski definition) is 1. The molecule has 2 rings (SSSR count). The molecule has 9 heteroatoms. The maximum Gasteiger partial charge on any atom is 0.243 e. The Morgan fingerprint density at radius 2 is 2.14 bits per heavy atom. The van der Waals surface area contributed by atoms with E-state index in [9.17, 15) is 17.6 Å². The number of rotatable bonds is 10. The minimum absolute atomic E-state index is 0.0429. The second kappa shape index (κ2) is 10.7. The van der Waals surface area contributed by atoms with Crippen molar-refractivity contribution in [3.63, 3.8) is 0 Å². The van der Waals surface area contributed by atoms with E-state index in [1.807, 2.05) is 0 Å². The van der Waals surface area contributed by atoms with Crippen molar-refractivity contribution in [2.24, 2.45) is 0 Å². The summed E-state index contributed by atoms with van der Waals surface area (Å²) in [7, 11) is -1.70. The zero-order valence-electron chi connectivity index (χ0n) is 16.3. The van der Waals surface area contributed by atoms with Crippen molar-refractivity contribution >= 4 is 22.0 Å². The van der Waals surface area contributed by atoms with Gasteiger partial charge in [-0.15, -0.1) is 0 Å². The van der Waals surface area contributed by atoms with Crippen LogP contribution in [0.4, 0.5) is 4.39 Å². The van der Waals surface area contributed by atoms with Gasteiger partial charge in [-0.05, 0) is 49.2 Å². The van der Waals surface area contributed by atoms with E-state index < -0.39 is 15.8 Å². The maximum absolute atomic E-state index is 14.2. The molecule has 0 saturated carbocycles. The van der Waals surface area contributed by atoms with Crippen LogP contribution in [0.15, 0.2) is 48.8 Å². The molecule has 29 heavy (non-hydrogen) atoms. The molecule has 0 aliphatic rings. The summed E-state index contributed by atoms with van der Waals surface area (Å²) >= 11 is 0. The summed E-state index contributed by atoms with van der Waals surface area (Å²) in [5.74, 6) is -0.378. The number of nitrogens with one attached hydrogen (secondary N) is 1. The molecule has 0 atom stereocenters. The minimum Gasteiger partial charge on any atom is -0.453 e. The van der Waals surface area contributed by atoms with Crippen LogP contribution in [0, 0.1) is 5.82 Å². The Morgan fingerprint density at radius 1 is 1.34 bits per heavy atom. The Kier molecular flexibility index (Phi) is 8.29. The molecule has 0 aliphatic heterocycles. The number of amides is 1. The van der Waals surface area contributed by atoms with Gasteiger partial charge in [0.05, 0.1) is 11.9 Å². The molecule has 0 fully saturated rings. The first-order valence-corrected chi connectivity index (χ1v) is 10.7. The van der Waals surface area contributed by atoms with Gasteiger partial charge in [0.1, 0.15) is 5.75 Å². The molecular weight excluding hydrogens is 397 g/mol. The van der Waals surface area contributed by atoms with E-state index >= 15 is 0 Å². The van der Waals surface area contributed by atoms with Crippen LogP contribution < -0.4 is 10.1 Å². The van der Waals surface area contributed by atoms with Gasteiger partial charge in [-0.25, -0.2) is 17.1 Å². The average Bonchev–Trinajstić information content (AvgIpc) is 2.72. The van der Waals surface area contributed by atoms with Gasteiger partial charge in [0, 0.05) is 32.4 Å². The van der Waals surface area contributed by atoms with Crippen LogP contribution in [-0.2, 0) is 14.8 Å². The van der Waals surface area contributed by atoms with Crippen molar-refractivity contribution in [3.8, 4) is 11.5 Å². The van der Waals surface area contributed by atoms with Gasteiger partial charge in [-0.3, -0.25) is 9.78 Å². The van der Waals surface area contributed by atoms with Crippen LogP contribution in [0.25, 0.3) is 6.08 Å². The number of aromatic nitrogens is 1. The lowest BCUT2D eigenvalue weighted by Gasteiger charge is -2.15. The van der Waals surface area contributed by atoms with Gasteiger partial charge < -0.3 is 10.1 Å². The minimum atomic E-state index is -3.22. The van der Waals surface area contributed by atoms with Crippen molar-refractivity contribution in [1.29, 1.82) is 0 Å². The van der Waals surface area contributed by atoms with E-state index in [2.05, 4.69) is 10.3 Å². The van der Waals surface area contributed by atoms with Crippen LogP contribution in [-0.4, -0.2) is 49.5 Å². The lowest BCUT2D eigenvalue weighted by Crippen LogP contribution is -2.32. The quantitative estimate of drug-likeness (QED) is 0.471. The number of pyridine rings is 1. The number of nitrogens with zero attached hydrogens (tertiary/aromatic N) is 2. The van der Waals surface area contributed by atoms with Crippen molar-refractivity contribution in [1.82, 2.24) is 14.6 Å². The number of hydrogen-bond acceptors (Lipinski definition) is 5. The van der Waals surface area contributed by atoms with Crippen molar-refractivity contribution in [3.05, 3.63) is 60.2 Å². The number of ether oxygens (including phenoxy) is 1. The Labute approximate surface area is 170 Å². The summed E-state index contributed by atoms with van der Waals surface area (Å²) in [6.07, 6.45) is 6.34. The maximum atomic E-state index is 14.2. The number of sulfonamides is 1. The molecule has 0 spiro atoms. The molecule has 1 amide bonds. The largest absolute Gasteiger partial charge is 0.453 e. The van der Waals surface area contributed by atoms with Crippen LogP contribution in [0.3, 0.4) is 0 Å². The van der Waals surface area contributed by atoms with Gasteiger partial charge in [0.15, 0.2) is 11.6 Å². The standard InChI is InChI=1S/C20H24FN3O4S/c1-3-29(26,27)24(2)13-5-12-23-20(25)10-8-16-7-9-19(18(21)14-16)28-17-6-4-11-22-15-17/h4,6-11,14-15H,3,5,12-13H2,1-2H3,(H,23,25)/b10-8+. The van der Waals surface area contributed by atoms with Crippen LogP contribution >= 0.6 is 0 Å². The first-order valence-electron chi connectivity index (χ1n) is 9.09. The van der Waals surface area contributed by atoms with Gasteiger partial charge in [0.2, 0.25) is 15.9 Å². The second-order valence-corrected chi connectivity index (χ2v) is 8.55. The summed E-state index contributed by atoms with van der Waals surface area (Å²) in [6.45, 7) is 2.24. The van der Waals surface area contributed by atoms with E-state index in [0.717, 1.165) is 0 Å². The topological polar surface area (TPSA) is 88.6 Å². The SMILES string of the molecule is CCS(=O)(=O)N(C)CCCNC(=O)/C=C/c1ccc(Oc2cccnc2)c(F)c1. The van der Waals surface area contributed by atoms with E-state index in [0.29, 0.717) is 30.8 Å². The normalized spacial score (nSPS) is 11.7. The third kappa shape index (κ3) is 7.28. The highest BCUT2D eigenvalue weighted by Gasteiger charge is 2.13. The molecule has 2 aromatic rings. The van der Waals surface area contributed by atoms with Gasteiger partial charge in [-0.1, -0.05) is 6.07 Å². The second-order valence-electron chi connectivity index (χ2n) is 6.18. The number of carbonyl (C=O) groups is 1. The Balaban J connectivity index is 1.81. The summed E-state index contributed by atoms with van der Waals surface area (Å²) < 4.78 is 44.1. The third-order valence-corrected chi connectivity index (χ3v) is 5.90. The Morgan fingerprint density at radius 3 is 2.79 bits per heavy atom. The summed E-state index contributed by atoms with van der Waals surface area (Å²) in [5.41, 5.74) is 0.505. The number of benzene rings is 1. The molecule has 156 valence electrons. The summed E-state index contributed by atoms with van der Waals surface area (Å²) in [6, 6.07) is 7.72. The molecule has 0 saturated heterocycles. The molecule has 0 aliphatic carbocycles. The van der Waals surface area contributed by atoms with Gasteiger partial charge in [0.25, 0.3) is 0 Å². The average molecular weight is 421 g/mol. The third-order valence-electron chi connectivity index (χ3n) is 4.03. The first kappa shape index (κ1) is 22.5. The molecule has 0 radical (unpaired) electrons. The van der Waals surface area contributed by atoms with E-state index in [4.69, 9.17) is 4.74 Å². The molecule has 1 aromatic heterocycles. The smallest absolute Gasteiger partial charge is 0.243 e. The molecule has 7 nitrogen and oxygen atoms in total. The monoisotopic (exact) mass is 421 g/mol. The van der Waals surface area contributed by atoms with E-state index in [1.54, 1.807) is 31.3 Å². The highest BCUT2D eigenvalue weighted by molar-refractivity contribution is 7.89. The van der Waals surface area contributed by atoms with E-state index in [-0.39, 0.29) is 17.4 Å². The molecule has 0 unspecified atom stereocenters. The Hall–Kier alpha value is -2.78. The van der Waals surface area contributed by atoms with E-state index in [1.165, 1.54) is 41.8 Å². The van der Waals surface area contributed by atoms with Crippen LogP contribution in [0.1, 0.15) is 18.9 Å². The van der Waals surface area contributed by atoms with Crippen molar-refractivity contribution < 1.29 is 22.3 Å². The highest BCUT2D eigenvalue weighted by Crippen LogP contribution is 2.24. The molecular formula is C20H24FN3O4S. The van der Waals surface area contributed by atoms with Gasteiger partial charge >= 0.3 is 0 Å². The van der Waals surface area contributed by atoms with Crippen LogP contribution in [0.5, 0.6) is 11.5 Å². The van der Waals surface area contributed by atoms with Gasteiger partial charge in [-0.2, -0.15) is 0 Å².